The number of nitrogens with one attached hydrogen (secondary N) is 1. The highest BCUT2D eigenvalue weighted by molar-refractivity contribution is 5.32. The summed E-state index contributed by atoms with van der Waals surface area (Å²) in [5.41, 5.74) is -1.72. The summed E-state index contributed by atoms with van der Waals surface area (Å²) in [4.78, 5) is 0. The summed E-state index contributed by atoms with van der Waals surface area (Å²) in [7, 11) is 0. The van der Waals surface area contributed by atoms with Gasteiger partial charge in [-0.25, -0.2) is 13.2 Å². The van der Waals surface area contributed by atoms with E-state index < -0.39 is 17.3 Å². The second-order valence-electron chi connectivity index (χ2n) is 3.63. The van der Waals surface area contributed by atoms with Crippen molar-refractivity contribution in [1.29, 1.82) is 0 Å². The normalized spacial score (nSPS) is 19.1. The molecule has 1 N–H and O–H groups in total. The summed E-state index contributed by atoms with van der Waals surface area (Å²) in [6.45, 7) is 1.55. The molecule has 1 aliphatic heterocycles. The molecule has 0 radical (unpaired) electrons. The van der Waals surface area contributed by atoms with Crippen LogP contribution in [0.15, 0.2) is 12.1 Å². The van der Waals surface area contributed by atoms with Gasteiger partial charge in [0.1, 0.15) is 0 Å². The standard InChI is InChI=1S/C10H10F3N/c1-6-2-3-7(9(12)8(6)11)10(13)4-14-5-10/h2-3,14H,4-5H2,1H3. The van der Waals surface area contributed by atoms with Crippen LogP contribution in [-0.4, -0.2) is 13.1 Å². The Hall–Kier alpha value is -1.03. The Balaban J connectivity index is 2.49. The maximum atomic E-state index is 13.7. The molecule has 1 aromatic carbocycles. The Bertz CT molecular complexity index is 372. The minimum absolute atomic E-state index is 0.0480. The van der Waals surface area contributed by atoms with E-state index in [0.29, 0.717) is 0 Å². The van der Waals surface area contributed by atoms with Gasteiger partial charge in [0.25, 0.3) is 0 Å². The molecule has 2 rings (SSSR count). The first-order chi connectivity index (χ1) is 6.54. The van der Waals surface area contributed by atoms with E-state index in [1.807, 2.05) is 0 Å². The molecule has 0 aromatic heterocycles. The summed E-state index contributed by atoms with van der Waals surface area (Å²) in [5.74, 6) is -2.01. The summed E-state index contributed by atoms with van der Waals surface area (Å²) in [6, 6.07) is 2.71. The third kappa shape index (κ3) is 1.21. The zero-order valence-electron chi connectivity index (χ0n) is 7.70. The Morgan fingerprint density at radius 2 is 1.86 bits per heavy atom. The summed E-state index contributed by atoms with van der Waals surface area (Å²) >= 11 is 0. The van der Waals surface area contributed by atoms with E-state index in [1.165, 1.54) is 19.1 Å². The third-order valence-electron chi connectivity index (χ3n) is 2.57. The van der Waals surface area contributed by atoms with Crippen LogP contribution in [-0.2, 0) is 5.67 Å². The molecule has 0 aliphatic carbocycles. The molecule has 0 atom stereocenters. The van der Waals surface area contributed by atoms with Crippen molar-refractivity contribution in [3.05, 3.63) is 34.9 Å². The van der Waals surface area contributed by atoms with Crippen LogP contribution in [0.25, 0.3) is 0 Å². The quantitative estimate of drug-likeness (QED) is 0.733. The fourth-order valence-corrected chi connectivity index (χ4v) is 1.53. The van der Waals surface area contributed by atoms with Crippen molar-refractivity contribution < 1.29 is 13.2 Å². The lowest BCUT2D eigenvalue weighted by atomic mass is 9.89. The fraction of sp³-hybridized carbons (Fsp3) is 0.400. The molecule has 0 bridgehead atoms. The van der Waals surface area contributed by atoms with Gasteiger partial charge < -0.3 is 5.32 Å². The van der Waals surface area contributed by atoms with Crippen LogP contribution >= 0.6 is 0 Å². The summed E-state index contributed by atoms with van der Waals surface area (Å²) in [5, 5.41) is 2.70. The molecule has 0 amide bonds. The molecule has 1 heterocycles. The van der Waals surface area contributed by atoms with Gasteiger partial charge in [0.15, 0.2) is 17.3 Å². The second kappa shape index (κ2) is 2.98. The van der Waals surface area contributed by atoms with Crippen LogP contribution in [0.3, 0.4) is 0 Å². The SMILES string of the molecule is Cc1ccc(C2(F)CNC2)c(F)c1F. The molecule has 4 heteroatoms. The highest BCUT2D eigenvalue weighted by Crippen LogP contribution is 2.33. The molecule has 76 valence electrons. The lowest BCUT2D eigenvalue weighted by Crippen LogP contribution is -2.54. The minimum Gasteiger partial charge on any atom is -0.310 e. The minimum atomic E-state index is -1.74. The van der Waals surface area contributed by atoms with Crippen LogP contribution in [0.2, 0.25) is 0 Å². The van der Waals surface area contributed by atoms with Crippen LogP contribution in [0.5, 0.6) is 0 Å². The van der Waals surface area contributed by atoms with E-state index in [0.717, 1.165) is 0 Å². The lowest BCUT2D eigenvalue weighted by molar-refractivity contribution is 0.0837. The monoisotopic (exact) mass is 201 g/mol. The predicted octanol–water partition coefficient (Wildman–Crippen LogP) is 2.04. The Kier molecular flexibility index (Phi) is 2.03. The first-order valence-corrected chi connectivity index (χ1v) is 4.39. The molecular weight excluding hydrogens is 191 g/mol. The first kappa shape index (κ1) is 9.52. The van der Waals surface area contributed by atoms with Gasteiger partial charge in [-0.05, 0) is 12.5 Å². The number of alkyl halides is 1. The largest absolute Gasteiger partial charge is 0.310 e. The molecule has 1 nitrogen and oxygen atoms in total. The Morgan fingerprint density at radius 1 is 1.21 bits per heavy atom. The molecular formula is C10H10F3N. The molecule has 1 aliphatic rings. The van der Waals surface area contributed by atoms with Crippen molar-refractivity contribution >= 4 is 0 Å². The molecule has 0 saturated carbocycles. The number of benzene rings is 1. The van der Waals surface area contributed by atoms with Gasteiger partial charge in [0, 0.05) is 18.7 Å². The van der Waals surface area contributed by atoms with E-state index in [2.05, 4.69) is 5.32 Å². The zero-order chi connectivity index (χ0) is 10.3. The zero-order valence-corrected chi connectivity index (χ0v) is 7.70. The highest BCUT2D eigenvalue weighted by atomic mass is 19.2. The number of hydrogen-bond donors (Lipinski definition) is 1. The Morgan fingerprint density at radius 3 is 2.36 bits per heavy atom. The van der Waals surface area contributed by atoms with Crippen molar-refractivity contribution in [1.82, 2.24) is 5.32 Å². The van der Waals surface area contributed by atoms with E-state index in [1.54, 1.807) is 0 Å². The van der Waals surface area contributed by atoms with Gasteiger partial charge in [-0.3, -0.25) is 0 Å². The van der Waals surface area contributed by atoms with Gasteiger partial charge in [0.2, 0.25) is 0 Å². The van der Waals surface area contributed by atoms with Gasteiger partial charge in [0.05, 0.1) is 0 Å². The first-order valence-electron chi connectivity index (χ1n) is 4.39. The van der Waals surface area contributed by atoms with Gasteiger partial charge in [-0.2, -0.15) is 0 Å². The maximum absolute atomic E-state index is 13.7. The average molecular weight is 201 g/mol. The van der Waals surface area contributed by atoms with E-state index in [4.69, 9.17) is 0 Å². The van der Waals surface area contributed by atoms with Crippen LogP contribution in [0.1, 0.15) is 11.1 Å². The number of rotatable bonds is 1. The maximum Gasteiger partial charge on any atom is 0.165 e. The molecule has 0 spiro atoms. The molecule has 1 saturated heterocycles. The van der Waals surface area contributed by atoms with Crippen molar-refractivity contribution in [2.75, 3.05) is 13.1 Å². The summed E-state index contributed by atoms with van der Waals surface area (Å²) < 4.78 is 40.2. The van der Waals surface area contributed by atoms with Gasteiger partial charge in [-0.15, -0.1) is 0 Å². The van der Waals surface area contributed by atoms with E-state index in [9.17, 15) is 13.2 Å². The van der Waals surface area contributed by atoms with Crippen LogP contribution in [0, 0.1) is 18.6 Å². The molecule has 14 heavy (non-hydrogen) atoms. The summed E-state index contributed by atoms with van der Waals surface area (Å²) in [6.07, 6.45) is 0. The van der Waals surface area contributed by atoms with E-state index >= 15 is 0 Å². The number of aryl methyl sites for hydroxylation is 1. The van der Waals surface area contributed by atoms with Crippen molar-refractivity contribution in [3.63, 3.8) is 0 Å². The number of hydrogen-bond acceptors (Lipinski definition) is 1. The Labute approximate surface area is 79.9 Å². The van der Waals surface area contributed by atoms with Gasteiger partial charge >= 0.3 is 0 Å². The van der Waals surface area contributed by atoms with Crippen molar-refractivity contribution in [3.8, 4) is 0 Å². The van der Waals surface area contributed by atoms with E-state index in [-0.39, 0.29) is 24.2 Å². The fourth-order valence-electron chi connectivity index (χ4n) is 1.53. The van der Waals surface area contributed by atoms with Crippen LogP contribution < -0.4 is 5.32 Å². The molecule has 0 unspecified atom stereocenters. The smallest absolute Gasteiger partial charge is 0.165 e. The molecule has 1 fully saturated rings. The number of halogens is 3. The second-order valence-corrected chi connectivity index (χ2v) is 3.63. The third-order valence-corrected chi connectivity index (χ3v) is 2.57. The average Bonchev–Trinajstić information content (AvgIpc) is 2.11. The predicted molar refractivity (Wildman–Crippen MR) is 46.8 cm³/mol. The molecule has 1 aromatic rings. The van der Waals surface area contributed by atoms with Crippen molar-refractivity contribution in [2.24, 2.45) is 0 Å². The lowest BCUT2D eigenvalue weighted by Gasteiger charge is -2.35. The van der Waals surface area contributed by atoms with Crippen molar-refractivity contribution in [2.45, 2.75) is 12.6 Å². The highest BCUT2D eigenvalue weighted by Gasteiger charge is 2.41. The van der Waals surface area contributed by atoms with Gasteiger partial charge in [-0.1, -0.05) is 12.1 Å². The topological polar surface area (TPSA) is 12.0 Å². The van der Waals surface area contributed by atoms with Crippen LogP contribution in [0.4, 0.5) is 13.2 Å².